The Morgan fingerprint density at radius 3 is 2.39 bits per heavy atom. The summed E-state index contributed by atoms with van der Waals surface area (Å²) in [6.07, 6.45) is 3.12. The van der Waals surface area contributed by atoms with Crippen molar-refractivity contribution in [2.45, 2.75) is 45.7 Å². The van der Waals surface area contributed by atoms with Crippen molar-refractivity contribution in [2.24, 2.45) is 5.84 Å². The third-order valence-electron chi connectivity index (χ3n) is 3.41. The molecule has 0 fully saturated rings. The zero-order chi connectivity index (χ0) is 18.0. The van der Waals surface area contributed by atoms with Gasteiger partial charge in [0.15, 0.2) is 0 Å². The van der Waals surface area contributed by atoms with Gasteiger partial charge in [-0.15, -0.1) is 5.73 Å². The van der Waals surface area contributed by atoms with E-state index in [4.69, 9.17) is 5.84 Å². The Labute approximate surface area is 148 Å². The highest BCUT2D eigenvalue weighted by atomic mass is 32.1. The summed E-state index contributed by atoms with van der Waals surface area (Å²) >= 11 is 4.63. The Kier molecular flexibility index (Phi) is 10.2. The quantitative estimate of drug-likeness (QED) is 0.194. The Hall–Kier alpha value is -1.04. The lowest BCUT2D eigenvalue weighted by Crippen LogP contribution is -2.59. The van der Waals surface area contributed by atoms with Gasteiger partial charge in [0.25, 0.3) is 0 Å². The van der Waals surface area contributed by atoms with Crippen LogP contribution in [0.25, 0.3) is 0 Å². The molecule has 0 radical (unpaired) electrons. The minimum absolute atomic E-state index is 0.116. The molecule has 0 aliphatic heterocycles. The number of rotatable bonds is 8. The molecule has 0 spiro atoms. The van der Waals surface area contributed by atoms with Gasteiger partial charge in [-0.1, -0.05) is 33.7 Å². The summed E-state index contributed by atoms with van der Waals surface area (Å²) in [5, 5.41) is 6.36. The van der Waals surface area contributed by atoms with Gasteiger partial charge in [0.1, 0.15) is 0 Å². The number of hydrogen-bond acceptors (Lipinski definition) is 5. The maximum Gasteiger partial charge on any atom is 0.327 e. The fourth-order valence-electron chi connectivity index (χ4n) is 2.35. The SMILES string of the molecule is C=C=C.CCCN(B(C)NN)B(C)Nc1cccn1C(C)(C)S. The normalized spacial score (nSPS) is 10.6. The Morgan fingerprint density at radius 1 is 1.39 bits per heavy atom. The third kappa shape index (κ3) is 7.38. The monoisotopic (exact) mass is 335 g/mol. The fourth-order valence-corrected chi connectivity index (χ4v) is 2.52. The van der Waals surface area contributed by atoms with Crippen LogP contribution in [0.1, 0.15) is 27.2 Å². The number of hydrazine groups is 1. The highest BCUT2D eigenvalue weighted by molar-refractivity contribution is 7.81. The van der Waals surface area contributed by atoms with E-state index in [0.717, 1.165) is 18.8 Å². The number of nitrogens with zero attached hydrogens (tertiary/aromatic N) is 2. The number of anilines is 1. The largest absolute Gasteiger partial charge is 0.401 e. The van der Waals surface area contributed by atoms with E-state index in [2.05, 4.69) is 91.9 Å². The average molecular weight is 335 g/mol. The topological polar surface area (TPSA) is 58.2 Å². The second-order valence-corrected chi connectivity index (χ2v) is 7.00. The smallest absolute Gasteiger partial charge is 0.327 e. The van der Waals surface area contributed by atoms with Gasteiger partial charge in [0, 0.05) is 6.20 Å². The van der Waals surface area contributed by atoms with Crippen molar-refractivity contribution in [3.8, 4) is 0 Å². The van der Waals surface area contributed by atoms with Gasteiger partial charge in [-0.05, 0) is 38.9 Å². The van der Waals surface area contributed by atoms with Gasteiger partial charge in [-0.3, -0.25) is 11.2 Å². The first-order valence-electron chi connectivity index (χ1n) is 7.90. The third-order valence-corrected chi connectivity index (χ3v) is 3.63. The molecule has 0 aromatic carbocycles. The van der Waals surface area contributed by atoms with Crippen LogP contribution < -0.4 is 16.4 Å². The molecule has 1 heterocycles. The molecule has 1 aromatic heterocycles. The van der Waals surface area contributed by atoms with Gasteiger partial charge < -0.3 is 14.5 Å². The standard InChI is InChI=1S/C12H27B2N5S.C3H4/c1-6-9-19(14(5)17-15)13(4)16-11-8-7-10-18(11)12(2,3)20;1-3-2/h7-8,10,16-17,20H,6,9,15H2,1-5H3;1-2H2. The second-order valence-electron chi connectivity index (χ2n) is 5.91. The number of nitrogens with two attached hydrogens (primary N) is 1. The van der Waals surface area contributed by atoms with Crippen molar-refractivity contribution < 1.29 is 0 Å². The fraction of sp³-hybridized carbons (Fsp3) is 0.533. The van der Waals surface area contributed by atoms with Gasteiger partial charge in [0.2, 0.25) is 0 Å². The zero-order valence-corrected chi connectivity index (χ0v) is 16.0. The van der Waals surface area contributed by atoms with Crippen LogP contribution in [0.2, 0.25) is 13.6 Å². The molecule has 1 aromatic rings. The molecule has 0 amide bonds. The predicted octanol–water partition coefficient (Wildman–Crippen LogP) is 2.89. The summed E-state index contributed by atoms with van der Waals surface area (Å²) in [6, 6.07) is 4.10. The van der Waals surface area contributed by atoms with Crippen LogP contribution in [0.5, 0.6) is 0 Å². The molecule has 0 unspecified atom stereocenters. The Bertz CT molecular complexity index is 480. The van der Waals surface area contributed by atoms with E-state index in [1.54, 1.807) is 0 Å². The molecule has 0 saturated carbocycles. The van der Waals surface area contributed by atoms with Gasteiger partial charge in [-0.2, -0.15) is 12.6 Å². The highest BCUT2D eigenvalue weighted by Gasteiger charge is 2.27. The lowest BCUT2D eigenvalue weighted by atomic mass is 9.62. The minimum Gasteiger partial charge on any atom is -0.401 e. The van der Waals surface area contributed by atoms with Crippen molar-refractivity contribution in [1.29, 1.82) is 0 Å². The molecule has 128 valence electrons. The van der Waals surface area contributed by atoms with Crippen molar-refractivity contribution >= 4 is 32.4 Å². The maximum absolute atomic E-state index is 5.58. The minimum atomic E-state index is -0.237. The van der Waals surface area contributed by atoms with Crippen molar-refractivity contribution in [2.75, 3.05) is 11.8 Å². The summed E-state index contributed by atoms with van der Waals surface area (Å²) in [4.78, 5) is -0.237. The summed E-state index contributed by atoms with van der Waals surface area (Å²) < 4.78 is 4.42. The van der Waals surface area contributed by atoms with E-state index in [9.17, 15) is 0 Å². The molecule has 0 bridgehead atoms. The number of nitrogens with one attached hydrogen (secondary N) is 2. The molecule has 0 aliphatic rings. The molecular weight excluding hydrogens is 304 g/mol. The number of hydrogen-bond donors (Lipinski definition) is 4. The van der Waals surface area contributed by atoms with Crippen LogP contribution in [0.4, 0.5) is 5.82 Å². The molecule has 5 nitrogen and oxygen atoms in total. The lowest BCUT2D eigenvalue weighted by Gasteiger charge is -2.32. The first-order chi connectivity index (χ1) is 10.7. The first kappa shape index (κ1) is 22.0. The van der Waals surface area contributed by atoms with Crippen LogP contribution in [0.15, 0.2) is 37.2 Å². The summed E-state index contributed by atoms with van der Waals surface area (Å²) in [6.45, 7) is 18.0. The van der Waals surface area contributed by atoms with Gasteiger partial charge in [0.05, 0.1) is 10.7 Å². The molecule has 8 heteroatoms. The Morgan fingerprint density at radius 2 is 1.96 bits per heavy atom. The van der Waals surface area contributed by atoms with E-state index in [-0.39, 0.29) is 18.8 Å². The molecule has 0 atom stereocenters. The second kappa shape index (κ2) is 10.7. The van der Waals surface area contributed by atoms with Crippen LogP contribution in [0.3, 0.4) is 0 Å². The predicted molar refractivity (Wildman–Crippen MR) is 109 cm³/mol. The van der Waals surface area contributed by atoms with E-state index in [0.29, 0.717) is 0 Å². The van der Waals surface area contributed by atoms with Crippen molar-refractivity contribution in [1.82, 2.24) is 14.6 Å². The van der Waals surface area contributed by atoms with Crippen molar-refractivity contribution in [3.05, 3.63) is 37.2 Å². The Balaban J connectivity index is 0.00000149. The molecule has 23 heavy (non-hydrogen) atoms. The average Bonchev–Trinajstić information content (AvgIpc) is 2.93. The summed E-state index contributed by atoms with van der Waals surface area (Å²) in [5.41, 5.74) is 2.25. The summed E-state index contributed by atoms with van der Waals surface area (Å²) in [5.74, 6) is 6.63. The van der Waals surface area contributed by atoms with Crippen LogP contribution >= 0.6 is 12.6 Å². The first-order valence-corrected chi connectivity index (χ1v) is 8.35. The molecule has 0 aliphatic carbocycles. The lowest BCUT2D eigenvalue weighted by molar-refractivity contribution is 0.551. The maximum atomic E-state index is 5.58. The molecule has 0 saturated heterocycles. The van der Waals surface area contributed by atoms with Gasteiger partial charge >= 0.3 is 14.0 Å². The molecule has 1 rings (SSSR count). The molecular formula is C15H31B2N5S. The van der Waals surface area contributed by atoms with E-state index < -0.39 is 0 Å². The summed E-state index contributed by atoms with van der Waals surface area (Å²) in [7, 11) is 0. The van der Waals surface area contributed by atoms with E-state index in [1.807, 2.05) is 12.3 Å². The highest BCUT2D eigenvalue weighted by Crippen LogP contribution is 2.25. The number of aromatic nitrogens is 1. The van der Waals surface area contributed by atoms with Crippen LogP contribution in [-0.4, -0.2) is 29.8 Å². The number of thiol groups is 1. The van der Waals surface area contributed by atoms with Crippen LogP contribution in [-0.2, 0) is 4.87 Å². The molecule has 4 N–H and O–H groups in total. The zero-order valence-electron chi connectivity index (χ0n) is 15.1. The van der Waals surface area contributed by atoms with Crippen molar-refractivity contribution in [3.63, 3.8) is 0 Å². The van der Waals surface area contributed by atoms with Gasteiger partial charge in [-0.25, -0.2) is 0 Å². The van der Waals surface area contributed by atoms with Crippen LogP contribution in [0, 0.1) is 0 Å². The van der Waals surface area contributed by atoms with E-state index >= 15 is 0 Å². The van der Waals surface area contributed by atoms with E-state index in [1.165, 1.54) is 0 Å².